The molecule has 0 unspecified atom stereocenters. The fourth-order valence-corrected chi connectivity index (χ4v) is 2.62. The molecule has 0 bridgehead atoms. The van der Waals surface area contributed by atoms with Gasteiger partial charge in [-0.05, 0) is 13.3 Å². The van der Waals surface area contributed by atoms with Gasteiger partial charge in [0.05, 0.1) is 6.54 Å². The number of fused-ring (bicyclic) bond motifs is 1. The number of aryl methyl sites for hydroxylation is 2. The molecule has 98 valence electrons. The Kier molecular flexibility index (Phi) is 3.12. The Labute approximate surface area is 114 Å². The lowest BCUT2D eigenvalue weighted by atomic mass is 10.4. The van der Waals surface area contributed by atoms with E-state index >= 15 is 0 Å². The van der Waals surface area contributed by atoms with Crippen molar-refractivity contribution in [2.24, 2.45) is 0 Å². The van der Waals surface area contributed by atoms with Crippen molar-refractivity contribution in [3.8, 4) is 0 Å². The summed E-state index contributed by atoms with van der Waals surface area (Å²) in [5, 5.41) is 8.56. The molecule has 0 saturated heterocycles. The van der Waals surface area contributed by atoms with Crippen LogP contribution in [0.25, 0.3) is 5.78 Å². The van der Waals surface area contributed by atoms with Gasteiger partial charge in [0.25, 0.3) is 5.78 Å². The number of aromatic nitrogens is 5. The summed E-state index contributed by atoms with van der Waals surface area (Å²) in [5.41, 5.74) is 0.913. The van der Waals surface area contributed by atoms with E-state index < -0.39 is 0 Å². The minimum atomic E-state index is 0.607. The van der Waals surface area contributed by atoms with Crippen LogP contribution in [0.2, 0.25) is 0 Å². The van der Waals surface area contributed by atoms with Crippen LogP contribution >= 0.6 is 11.3 Å². The first-order valence-corrected chi connectivity index (χ1v) is 6.92. The highest BCUT2D eigenvalue weighted by Gasteiger charge is 2.06. The van der Waals surface area contributed by atoms with Crippen molar-refractivity contribution in [3.05, 3.63) is 34.2 Å². The monoisotopic (exact) mass is 274 g/mol. The van der Waals surface area contributed by atoms with E-state index in [9.17, 15) is 0 Å². The lowest BCUT2D eigenvalue weighted by Crippen LogP contribution is -2.06. The normalized spacial score (nSPS) is 11.1. The third-order valence-electron chi connectivity index (χ3n) is 2.75. The van der Waals surface area contributed by atoms with Gasteiger partial charge >= 0.3 is 0 Å². The van der Waals surface area contributed by atoms with Gasteiger partial charge in [0, 0.05) is 22.8 Å². The summed E-state index contributed by atoms with van der Waals surface area (Å²) in [6, 6.07) is 1.95. The topological polar surface area (TPSA) is 68.0 Å². The molecule has 0 radical (unpaired) electrons. The summed E-state index contributed by atoms with van der Waals surface area (Å²) in [6.07, 6.45) is 4.47. The second-order valence-corrected chi connectivity index (χ2v) is 5.38. The molecule has 19 heavy (non-hydrogen) atoms. The van der Waals surface area contributed by atoms with E-state index in [0.29, 0.717) is 12.3 Å². The highest BCUT2D eigenvalue weighted by Crippen LogP contribution is 2.16. The van der Waals surface area contributed by atoms with Gasteiger partial charge in [-0.15, -0.1) is 11.3 Å². The zero-order valence-electron chi connectivity index (χ0n) is 10.8. The molecule has 0 aliphatic rings. The Morgan fingerprint density at radius 2 is 2.26 bits per heavy atom. The van der Waals surface area contributed by atoms with Gasteiger partial charge in [-0.2, -0.15) is 14.6 Å². The average molecular weight is 274 g/mol. The van der Waals surface area contributed by atoms with Gasteiger partial charge in [0.1, 0.15) is 17.2 Å². The van der Waals surface area contributed by atoms with Crippen LogP contribution in [-0.2, 0) is 13.0 Å². The van der Waals surface area contributed by atoms with E-state index in [2.05, 4.69) is 32.3 Å². The highest BCUT2D eigenvalue weighted by atomic mass is 32.1. The predicted molar refractivity (Wildman–Crippen MR) is 74.3 cm³/mol. The Balaban J connectivity index is 1.83. The van der Waals surface area contributed by atoms with Gasteiger partial charge in [0.15, 0.2) is 0 Å². The molecule has 0 saturated carbocycles. The van der Waals surface area contributed by atoms with Crippen molar-refractivity contribution in [3.63, 3.8) is 0 Å². The molecule has 7 heteroatoms. The Hall–Kier alpha value is -2.02. The van der Waals surface area contributed by atoms with Crippen molar-refractivity contribution < 1.29 is 0 Å². The van der Waals surface area contributed by atoms with Gasteiger partial charge in [-0.1, -0.05) is 6.92 Å². The lowest BCUT2D eigenvalue weighted by Gasteiger charge is -2.06. The number of thiazole rings is 1. The highest BCUT2D eigenvalue weighted by molar-refractivity contribution is 7.11. The largest absolute Gasteiger partial charge is 0.363 e. The summed E-state index contributed by atoms with van der Waals surface area (Å²) in [7, 11) is 0. The van der Waals surface area contributed by atoms with Crippen LogP contribution in [-0.4, -0.2) is 24.6 Å². The number of rotatable bonds is 4. The summed E-state index contributed by atoms with van der Waals surface area (Å²) in [5.74, 6) is 1.49. The maximum Gasteiger partial charge on any atom is 0.254 e. The molecular formula is C12H14N6S. The Morgan fingerprint density at radius 3 is 3.05 bits per heavy atom. The maximum absolute atomic E-state index is 4.39. The molecule has 0 aliphatic heterocycles. The predicted octanol–water partition coefficient (Wildman–Crippen LogP) is 2.06. The van der Waals surface area contributed by atoms with E-state index in [-0.39, 0.29) is 0 Å². The molecule has 0 amide bonds. The van der Waals surface area contributed by atoms with Crippen LogP contribution in [0.3, 0.4) is 0 Å². The molecule has 3 aromatic rings. The first-order chi connectivity index (χ1) is 9.26. The van der Waals surface area contributed by atoms with Crippen molar-refractivity contribution in [1.29, 1.82) is 0 Å². The molecular weight excluding hydrogens is 260 g/mol. The number of hydrogen-bond donors (Lipinski definition) is 1. The van der Waals surface area contributed by atoms with Gasteiger partial charge < -0.3 is 5.32 Å². The number of anilines is 1. The van der Waals surface area contributed by atoms with Crippen molar-refractivity contribution in [2.45, 2.75) is 26.8 Å². The second kappa shape index (κ2) is 4.93. The van der Waals surface area contributed by atoms with Crippen LogP contribution < -0.4 is 5.32 Å². The molecule has 0 fully saturated rings. The fraction of sp³-hybridized carbons (Fsp3) is 0.333. The van der Waals surface area contributed by atoms with Gasteiger partial charge in [-0.3, -0.25) is 0 Å². The molecule has 3 aromatic heterocycles. The molecule has 1 N–H and O–H groups in total. The average Bonchev–Trinajstić information content (AvgIpc) is 3.03. The summed E-state index contributed by atoms with van der Waals surface area (Å²) >= 11 is 1.73. The molecule has 0 atom stereocenters. The first-order valence-electron chi connectivity index (χ1n) is 6.11. The van der Waals surface area contributed by atoms with E-state index in [1.165, 1.54) is 11.2 Å². The standard InChI is InChI=1S/C12H14N6S/c1-3-9-5-14-11(19-9)6-13-10-4-8(2)17-12-15-7-16-18(10)12/h4-5,7,13H,3,6H2,1-2H3. The summed E-state index contributed by atoms with van der Waals surface area (Å²) in [6.45, 7) is 4.76. The van der Waals surface area contributed by atoms with Crippen molar-refractivity contribution in [2.75, 3.05) is 5.32 Å². The van der Waals surface area contributed by atoms with Crippen LogP contribution in [0.4, 0.5) is 5.82 Å². The quantitative estimate of drug-likeness (QED) is 0.788. The Morgan fingerprint density at radius 1 is 1.37 bits per heavy atom. The minimum Gasteiger partial charge on any atom is -0.363 e. The first kappa shape index (κ1) is 12.0. The van der Waals surface area contributed by atoms with E-state index in [0.717, 1.165) is 22.9 Å². The van der Waals surface area contributed by atoms with E-state index in [1.807, 2.05) is 19.2 Å². The molecule has 6 nitrogen and oxygen atoms in total. The fourth-order valence-electron chi connectivity index (χ4n) is 1.82. The van der Waals surface area contributed by atoms with Crippen molar-refractivity contribution in [1.82, 2.24) is 24.6 Å². The zero-order chi connectivity index (χ0) is 13.2. The van der Waals surface area contributed by atoms with Crippen LogP contribution in [0, 0.1) is 6.92 Å². The number of nitrogens with one attached hydrogen (secondary N) is 1. The third-order valence-corrected chi connectivity index (χ3v) is 3.89. The number of hydrogen-bond acceptors (Lipinski definition) is 6. The maximum atomic E-state index is 4.39. The van der Waals surface area contributed by atoms with E-state index in [4.69, 9.17) is 0 Å². The summed E-state index contributed by atoms with van der Waals surface area (Å²) in [4.78, 5) is 14.1. The van der Waals surface area contributed by atoms with Gasteiger partial charge in [0.2, 0.25) is 0 Å². The van der Waals surface area contributed by atoms with Crippen molar-refractivity contribution >= 4 is 22.9 Å². The van der Waals surface area contributed by atoms with Gasteiger partial charge in [-0.25, -0.2) is 9.97 Å². The van der Waals surface area contributed by atoms with E-state index in [1.54, 1.807) is 15.9 Å². The van der Waals surface area contributed by atoms with Crippen LogP contribution in [0.5, 0.6) is 0 Å². The third kappa shape index (κ3) is 2.41. The van der Waals surface area contributed by atoms with Crippen LogP contribution in [0.1, 0.15) is 22.5 Å². The number of nitrogens with zero attached hydrogens (tertiary/aromatic N) is 5. The lowest BCUT2D eigenvalue weighted by molar-refractivity contribution is 0.914. The second-order valence-electron chi connectivity index (χ2n) is 4.18. The molecule has 0 aliphatic carbocycles. The minimum absolute atomic E-state index is 0.607. The zero-order valence-corrected chi connectivity index (χ0v) is 11.6. The SMILES string of the molecule is CCc1cnc(CNc2cc(C)nc3ncnn23)s1. The summed E-state index contributed by atoms with van der Waals surface area (Å²) < 4.78 is 1.70. The smallest absolute Gasteiger partial charge is 0.254 e. The molecule has 3 rings (SSSR count). The Bertz CT molecular complexity index is 701. The van der Waals surface area contributed by atoms with Crippen LogP contribution in [0.15, 0.2) is 18.6 Å². The molecule has 0 spiro atoms. The molecule has 0 aromatic carbocycles. The molecule has 3 heterocycles.